The van der Waals surface area contributed by atoms with Crippen molar-refractivity contribution in [1.82, 2.24) is 24.5 Å². The Labute approximate surface area is 169 Å². The van der Waals surface area contributed by atoms with Crippen molar-refractivity contribution in [2.24, 2.45) is 0 Å². The number of imidazole rings is 1. The van der Waals surface area contributed by atoms with E-state index in [-0.39, 0.29) is 17.2 Å². The predicted molar refractivity (Wildman–Crippen MR) is 105 cm³/mol. The molecule has 0 aromatic carbocycles. The summed E-state index contributed by atoms with van der Waals surface area (Å²) in [6.07, 6.45) is 1.50. The molecule has 1 fully saturated rings. The third kappa shape index (κ3) is 4.35. The fraction of sp³-hybridized carbons (Fsp3) is 0.368. The van der Waals surface area contributed by atoms with Gasteiger partial charge in [-0.15, -0.1) is 0 Å². The zero-order valence-electron chi connectivity index (χ0n) is 16.0. The number of piperidine rings is 1. The molecule has 1 aliphatic heterocycles. The van der Waals surface area contributed by atoms with Gasteiger partial charge in [0.25, 0.3) is 0 Å². The Hall–Kier alpha value is -3.21. The highest BCUT2D eigenvalue weighted by Crippen LogP contribution is 2.34. The Morgan fingerprint density at radius 2 is 1.97 bits per heavy atom. The van der Waals surface area contributed by atoms with Crippen molar-refractivity contribution >= 4 is 23.2 Å². The van der Waals surface area contributed by atoms with Gasteiger partial charge in [0.15, 0.2) is 11.5 Å². The van der Waals surface area contributed by atoms with E-state index in [2.05, 4.69) is 25.3 Å². The second-order valence-corrected chi connectivity index (χ2v) is 7.19. The molecule has 30 heavy (non-hydrogen) atoms. The molecule has 1 amide bonds. The standard InChI is InChI=1S/C19H20F3N7O/c20-19(21,22)13-8-12(9-24-18(13)23)14-4-5-16-25-15(10-29(16)27-14)26-17(30)11-28-6-2-1-3-7-28/h4-5,8-10H,1-3,6-7,11H2,(H2,23,24)(H,26,30). The van der Waals surface area contributed by atoms with Crippen molar-refractivity contribution in [1.29, 1.82) is 0 Å². The first-order valence-electron chi connectivity index (χ1n) is 9.51. The van der Waals surface area contributed by atoms with Gasteiger partial charge in [-0.05, 0) is 44.1 Å². The van der Waals surface area contributed by atoms with Crippen molar-refractivity contribution in [3.63, 3.8) is 0 Å². The quantitative estimate of drug-likeness (QED) is 0.674. The monoisotopic (exact) mass is 419 g/mol. The number of halogens is 3. The van der Waals surface area contributed by atoms with Gasteiger partial charge in [-0.2, -0.15) is 18.3 Å². The lowest BCUT2D eigenvalue weighted by Crippen LogP contribution is -2.36. The smallest absolute Gasteiger partial charge is 0.383 e. The van der Waals surface area contributed by atoms with Crippen LogP contribution in [0.15, 0.2) is 30.6 Å². The number of carbonyl (C=O) groups excluding carboxylic acids is 1. The van der Waals surface area contributed by atoms with Crippen molar-refractivity contribution < 1.29 is 18.0 Å². The number of hydrogen-bond donors (Lipinski definition) is 2. The molecular formula is C19H20F3N7O. The average Bonchev–Trinajstić information content (AvgIpc) is 3.09. The van der Waals surface area contributed by atoms with Gasteiger partial charge in [0, 0.05) is 11.8 Å². The van der Waals surface area contributed by atoms with Gasteiger partial charge in [-0.25, -0.2) is 14.5 Å². The molecule has 0 radical (unpaired) electrons. The summed E-state index contributed by atoms with van der Waals surface area (Å²) in [6.45, 7) is 2.10. The van der Waals surface area contributed by atoms with E-state index in [1.807, 2.05) is 0 Å². The summed E-state index contributed by atoms with van der Waals surface area (Å²) >= 11 is 0. The Bertz CT molecular complexity index is 1070. The highest BCUT2D eigenvalue weighted by Gasteiger charge is 2.34. The van der Waals surface area contributed by atoms with Gasteiger partial charge < -0.3 is 11.1 Å². The molecule has 0 bridgehead atoms. The summed E-state index contributed by atoms with van der Waals surface area (Å²) in [4.78, 5) is 22.3. The Morgan fingerprint density at radius 1 is 1.20 bits per heavy atom. The Kier molecular flexibility index (Phi) is 5.29. The molecule has 0 aliphatic carbocycles. The van der Waals surface area contributed by atoms with Gasteiger partial charge in [-0.3, -0.25) is 9.69 Å². The molecule has 158 valence electrons. The molecule has 1 aliphatic rings. The van der Waals surface area contributed by atoms with E-state index in [1.165, 1.54) is 29.4 Å². The van der Waals surface area contributed by atoms with E-state index in [9.17, 15) is 18.0 Å². The number of aromatic nitrogens is 4. The molecule has 3 aromatic rings. The second-order valence-electron chi connectivity index (χ2n) is 7.19. The lowest BCUT2D eigenvalue weighted by Gasteiger charge is -2.25. The number of likely N-dealkylation sites (tertiary alicyclic amines) is 1. The zero-order chi connectivity index (χ0) is 21.3. The molecule has 8 nitrogen and oxygen atoms in total. The lowest BCUT2D eigenvalue weighted by atomic mass is 10.1. The van der Waals surface area contributed by atoms with E-state index >= 15 is 0 Å². The summed E-state index contributed by atoms with van der Waals surface area (Å²) < 4.78 is 40.7. The van der Waals surface area contributed by atoms with Gasteiger partial charge in [0.2, 0.25) is 5.91 Å². The summed E-state index contributed by atoms with van der Waals surface area (Å²) in [7, 11) is 0. The number of anilines is 2. The third-order valence-corrected chi connectivity index (χ3v) is 4.92. The maximum atomic E-state index is 13.1. The van der Waals surface area contributed by atoms with Crippen molar-refractivity contribution in [3.05, 3.63) is 36.2 Å². The number of nitrogens with zero attached hydrogens (tertiary/aromatic N) is 5. The van der Waals surface area contributed by atoms with E-state index in [0.29, 0.717) is 18.0 Å². The van der Waals surface area contributed by atoms with Gasteiger partial charge >= 0.3 is 6.18 Å². The van der Waals surface area contributed by atoms with Crippen molar-refractivity contribution in [3.8, 4) is 11.3 Å². The van der Waals surface area contributed by atoms with E-state index < -0.39 is 17.6 Å². The Balaban J connectivity index is 1.53. The van der Waals surface area contributed by atoms with Crippen LogP contribution < -0.4 is 11.1 Å². The van der Waals surface area contributed by atoms with E-state index in [1.54, 1.807) is 6.07 Å². The first-order chi connectivity index (χ1) is 14.3. The summed E-state index contributed by atoms with van der Waals surface area (Å²) in [5.74, 6) is -0.431. The zero-order valence-corrected chi connectivity index (χ0v) is 16.0. The molecule has 0 atom stereocenters. The van der Waals surface area contributed by atoms with Crippen LogP contribution in [0.3, 0.4) is 0 Å². The van der Waals surface area contributed by atoms with Crippen LogP contribution >= 0.6 is 0 Å². The van der Waals surface area contributed by atoms with Crippen LogP contribution in [-0.4, -0.2) is 50.0 Å². The molecule has 11 heteroatoms. The summed E-state index contributed by atoms with van der Waals surface area (Å²) in [5, 5.41) is 7.03. The minimum absolute atomic E-state index is 0.168. The van der Waals surface area contributed by atoms with Crippen molar-refractivity contribution in [2.75, 3.05) is 30.7 Å². The van der Waals surface area contributed by atoms with Gasteiger partial charge in [-0.1, -0.05) is 6.42 Å². The number of nitrogen functional groups attached to an aromatic ring is 1. The van der Waals surface area contributed by atoms with Crippen LogP contribution in [0.25, 0.3) is 16.9 Å². The van der Waals surface area contributed by atoms with Crippen LogP contribution in [0, 0.1) is 0 Å². The number of rotatable bonds is 4. The van der Waals surface area contributed by atoms with Crippen LogP contribution in [0.2, 0.25) is 0 Å². The molecule has 0 unspecified atom stereocenters. The molecule has 4 rings (SSSR count). The average molecular weight is 419 g/mol. The number of carbonyl (C=O) groups is 1. The Morgan fingerprint density at radius 3 is 2.70 bits per heavy atom. The molecule has 4 heterocycles. The SMILES string of the molecule is Nc1ncc(-c2ccc3nc(NC(=O)CN4CCCCC4)cn3n2)cc1C(F)(F)F. The topological polar surface area (TPSA) is 101 Å². The minimum atomic E-state index is -4.61. The van der Waals surface area contributed by atoms with Gasteiger partial charge in [0.1, 0.15) is 5.82 Å². The predicted octanol–water partition coefficient (Wildman–Crippen LogP) is 2.82. The normalized spacial score (nSPS) is 15.4. The highest BCUT2D eigenvalue weighted by atomic mass is 19.4. The third-order valence-electron chi connectivity index (χ3n) is 4.92. The van der Waals surface area contributed by atoms with Crippen LogP contribution in [0.1, 0.15) is 24.8 Å². The number of nitrogens with one attached hydrogen (secondary N) is 1. The second kappa shape index (κ2) is 7.90. The summed E-state index contributed by atoms with van der Waals surface area (Å²) in [6, 6.07) is 4.05. The van der Waals surface area contributed by atoms with Gasteiger partial charge in [0.05, 0.1) is 24.0 Å². The maximum absolute atomic E-state index is 13.1. The largest absolute Gasteiger partial charge is 0.419 e. The van der Waals surface area contributed by atoms with Crippen LogP contribution in [-0.2, 0) is 11.0 Å². The molecule has 1 saturated heterocycles. The number of nitrogens with two attached hydrogens (primary N) is 1. The van der Waals surface area contributed by atoms with E-state index in [4.69, 9.17) is 5.73 Å². The number of fused-ring (bicyclic) bond motifs is 1. The first kappa shape index (κ1) is 20.1. The maximum Gasteiger partial charge on any atom is 0.419 e. The molecule has 3 N–H and O–H groups in total. The first-order valence-corrected chi connectivity index (χ1v) is 9.51. The lowest BCUT2D eigenvalue weighted by molar-refractivity contribution is -0.137. The van der Waals surface area contributed by atoms with Crippen molar-refractivity contribution in [2.45, 2.75) is 25.4 Å². The van der Waals surface area contributed by atoms with E-state index in [0.717, 1.165) is 32.0 Å². The highest BCUT2D eigenvalue weighted by molar-refractivity contribution is 5.91. The number of amides is 1. The van der Waals surface area contributed by atoms with Crippen LogP contribution in [0.4, 0.5) is 24.8 Å². The fourth-order valence-electron chi connectivity index (χ4n) is 3.44. The van der Waals surface area contributed by atoms with Crippen LogP contribution in [0.5, 0.6) is 0 Å². The fourth-order valence-corrected chi connectivity index (χ4v) is 3.44. The number of hydrogen-bond acceptors (Lipinski definition) is 6. The number of alkyl halides is 3. The number of pyridine rings is 1. The molecule has 0 spiro atoms. The molecular weight excluding hydrogens is 399 g/mol. The summed E-state index contributed by atoms with van der Waals surface area (Å²) in [5.41, 5.74) is 5.22. The molecule has 3 aromatic heterocycles. The minimum Gasteiger partial charge on any atom is -0.383 e. The molecule has 0 saturated carbocycles.